The van der Waals surface area contributed by atoms with Gasteiger partial charge in [0.25, 0.3) is 0 Å². The van der Waals surface area contributed by atoms with Crippen molar-refractivity contribution in [2.75, 3.05) is 33.3 Å². The van der Waals surface area contributed by atoms with Crippen molar-refractivity contribution in [1.82, 2.24) is 9.80 Å². The van der Waals surface area contributed by atoms with Gasteiger partial charge in [0.05, 0.1) is 0 Å². The van der Waals surface area contributed by atoms with E-state index in [2.05, 4.69) is 15.7 Å². The second-order valence-corrected chi connectivity index (χ2v) is 5.44. The van der Waals surface area contributed by atoms with E-state index >= 15 is 0 Å². The molecule has 0 aliphatic carbocycles. The summed E-state index contributed by atoms with van der Waals surface area (Å²) in [6, 6.07) is 0.00642. The summed E-state index contributed by atoms with van der Waals surface area (Å²) in [4.78, 5) is 3.81. The van der Waals surface area contributed by atoms with Gasteiger partial charge in [0.1, 0.15) is 6.61 Å². The normalized spacial score (nSPS) is 27.6. The Hall–Kier alpha value is -0.630. The van der Waals surface area contributed by atoms with Gasteiger partial charge in [-0.25, -0.2) is 4.90 Å². The summed E-state index contributed by atoms with van der Waals surface area (Å²) in [6.45, 7) is 0.935. The summed E-state index contributed by atoms with van der Waals surface area (Å²) in [5, 5.41) is 9.83. The lowest BCUT2D eigenvalue weighted by Crippen LogP contribution is -2.44. The number of ether oxygens (including phenoxy) is 1. The Morgan fingerprint density at radius 2 is 2.20 bits per heavy atom. The van der Waals surface area contributed by atoms with Crippen molar-refractivity contribution < 1.29 is 23.0 Å². The standard InChI is InChI=1S/C13H21F3N2O2/c1-17-7-4-10(5-8-17)11-3-2-6-18(11)12(19)20-9-13(14,15)16/h4,11-12,19H,2-3,5-9H2,1H3/t11-,12?/m0/s1. The van der Waals surface area contributed by atoms with Crippen LogP contribution in [0.5, 0.6) is 0 Å². The van der Waals surface area contributed by atoms with Crippen molar-refractivity contribution in [3.05, 3.63) is 11.6 Å². The highest BCUT2D eigenvalue weighted by Crippen LogP contribution is 2.29. The molecular weight excluding hydrogens is 273 g/mol. The summed E-state index contributed by atoms with van der Waals surface area (Å²) >= 11 is 0. The van der Waals surface area contributed by atoms with E-state index in [1.165, 1.54) is 5.57 Å². The number of hydrogen-bond acceptors (Lipinski definition) is 4. The molecule has 1 N–H and O–H groups in total. The van der Waals surface area contributed by atoms with Crippen LogP contribution in [0.15, 0.2) is 11.6 Å². The third kappa shape index (κ3) is 4.18. The van der Waals surface area contributed by atoms with Gasteiger partial charge in [0, 0.05) is 25.7 Å². The van der Waals surface area contributed by atoms with Gasteiger partial charge in [-0.15, -0.1) is 0 Å². The highest BCUT2D eigenvalue weighted by molar-refractivity contribution is 5.16. The maximum atomic E-state index is 12.1. The predicted octanol–water partition coefficient (Wildman–Crippen LogP) is 1.57. The summed E-state index contributed by atoms with van der Waals surface area (Å²) in [5.41, 5.74) is 1.20. The van der Waals surface area contributed by atoms with Gasteiger partial charge in [-0.1, -0.05) is 11.6 Å². The monoisotopic (exact) mass is 294 g/mol. The lowest BCUT2D eigenvalue weighted by Gasteiger charge is -2.33. The molecule has 0 aromatic carbocycles. The van der Waals surface area contributed by atoms with Gasteiger partial charge in [0.2, 0.25) is 6.41 Å². The lowest BCUT2D eigenvalue weighted by atomic mass is 9.98. The van der Waals surface area contributed by atoms with Crippen LogP contribution in [-0.4, -0.2) is 66.8 Å². The second kappa shape index (κ2) is 6.43. The average Bonchev–Trinajstić information content (AvgIpc) is 2.85. The molecule has 0 saturated carbocycles. The smallest absolute Gasteiger partial charge is 0.356 e. The molecule has 0 radical (unpaired) electrons. The first-order valence-electron chi connectivity index (χ1n) is 6.86. The summed E-state index contributed by atoms with van der Waals surface area (Å²) in [6.07, 6.45) is -1.16. The van der Waals surface area contributed by atoms with Gasteiger partial charge in [-0.3, -0.25) is 0 Å². The largest absolute Gasteiger partial charge is 0.411 e. The van der Waals surface area contributed by atoms with Crippen LogP contribution in [0.1, 0.15) is 19.3 Å². The van der Waals surface area contributed by atoms with Crippen molar-refractivity contribution in [3.63, 3.8) is 0 Å². The molecule has 0 amide bonds. The van der Waals surface area contributed by atoms with Crippen LogP contribution in [0.3, 0.4) is 0 Å². The SMILES string of the molecule is CN1CC=C([C@@H]2CCCN2C(O)OCC(F)(F)F)CC1. The predicted molar refractivity (Wildman–Crippen MR) is 67.9 cm³/mol. The molecule has 1 saturated heterocycles. The van der Waals surface area contributed by atoms with Crippen LogP contribution in [0.2, 0.25) is 0 Å². The van der Waals surface area contributed by atoms with Gasteiger partial charge in [0.15, 0.2) is 0 Å². The topological polar surface area (TPSA) is 35.9 Å². The van der Waals surface area contributed by atoms with Crippen molar-refractivity contribution >= 4 is 0 Å². The second-order valence-electron chi connectivity index (χ2n) is 5.44. The molecule has 2 aliphatic rings. The first kappa shape index (κ1) is 15.8. The fraction of sp³-hybridized carbons (Fsp3) is 0.846. The molecule has 0 spiro atoms. The minimum Gasteiger partial charge on any atom is -0.356 e. The van der Waals surface area contributed by atoms with Crippen LogP contribution < -0.4 is 0 Å². The van der Waals surface area contributed by atoms with Crippen LogP contribution in [0, 0.1) is 0 Å². The molecule has 2 heterocycles. The van der Waals surface area contributed by atoms with Gasteiger partial charge < -0.3 is 14.7 Å². The molecule has 0 aromatic heterocycles. The highest BCUT2D eigenvalue weighted by atomic mass is 19.4. The zero-order chi connectivity index (χ0) is 14.8. The molecular formula is C13H21F3N2O2. The number of nitrogens with zero attached hydrogens (tertiary/aromatic N) is 2. The molecule has 0 aromatic rings. The van der Waals surface area contributed by atoms with Crippen molar-refractivity contribution in [2.45, 2.75) is 37.9 Å². The molecule has 1 unspecified atom stereocenters. The average molecular weight is 294 g/mol. The van der Waals surface area contributed by atoms with E-state index in [1.807, 2.05) is 7.05 Å². The molecule has 1 fully saturated rings. The van der Waals surface area contributed by atoms with Crippen LogP contribution in [0.4, 0.5) is 13.2 Å². The summed E-state index contributed by atoms with van der Waals surface area (Å²) in [7, 11) is 2.03. The number of likely N-dealkylation sites (N-methyl/N-ethyl adjacent to an activating group) is 1. The summed E-state index contributed by atoms with van der Waals surface area (Å²) < 4.78 is 40.9. The third-order valence-corrected chi connectivity index (χ3v) is 3.85. The van der Waals surface area contributed by atoms with Crippen molar-refractivity contribution in [3.8, 4) is 0 Å². The molecule has 0 bridgehead atoms. The van der Waals surface area contributed by atoms with Gasteiger partial charge in [-0.05, 0) is 26.3 Å². The minimum atomic E-state index is -4.41. The fourth-order valence-electron chi connectivity index (χ4n) is 2.81. The number of likely N-dealkylation sites (tertiary alicyclic amines) is 1. The van der Waals surface area contributed by atoms with E-state index < -0.39 is 19.2 Å². The van der Waals surface area contributed by atoms with E-state index in [-0.39, 0.29) is 6.04 Å². The number of halogens is 3. The number of aliphatic hydroxyl groups is 1. The Morgan fingerprint density at radius 3 is 2.80 bits per heavy atom. The molecule has 2 atom stereocenters. The van der Waals surface area contributed by atoms with E-state index in [4.69, 9.17) is 0 Å². The van der Waals surface area contributed by atoms with Crippen molar-refractivity contribution in [2.24, 2.45) is 0 Å². The number of aliphatic hydroxyl groups excluding tert-OH is 1. The number of rotatable bonds is 4. The minimum absolute atomic E-state index is 0.00642. The number of alkyl halides is 3. The molecule has 2 rings (SSSR count). The van der Waals surface area contributed by atoms with Crippen LogP contribution in [0.25, 0.3) is 0 Å². The first-order valence-corrected chi connectivity index (χ1v) is 6.86. The molecule has 116 valence electrons. The first-order chi connectivity index (χ1) is 9.37. The highest BCUT2D eigenvalue weighted by Gasteiger charge is 2.36. The Labute approximate surface area is 116 Å². The molecule has 20 heavy (non-hydrogen) atoms. The quantitative estimate of drug-likeness (QED) is 0.631. The zero-order valence-corrected chi connectivity index (χ0v) is 11.6. The Kier molecular flexibility index (Phi) is 5.06. The molecule has 2 aliphatic heterocycles. The lowest BCUT2D eigenvalue weighted by molar-refractivity contribution is -0.256. The van der Waals surface area contributed by atoms with E-state index in [9.17, 15) is 18.3 Å². The number of hydrogen-bond donors (Lipinski definition) is 1. The van der Waals surface area contributed by atoms with E-state index in [0.29, 0.717) is 6.54 Å². The Morgan fingerprint density at radius 1 is 1.45 bits per heavy atom. The summed E-state index contributed by atoms with van der Waals surface area (Å²) in [5.74, 6) is 0. The Balaban J connectivity index is 1.93. The Bertz CT molecular complexity index is 360. The van der Waals surface area contributed by atoms with Crippen LogP contribution in [-0.2, 0) is 4.74 Å². The van der Waals surface area contributed by atoms with E-state index in [0.717, 1.165) is 32.4 Å². The maximum absolute atomic E-state index is 12.1. The van der Waals surface area contributed by atoms with Gasteiger partial charge in [-0.2, -0.15) is 13.2 Å². The van der Waals surface area contributed by atoms with Crippen molar-refractivity contribution in [1.29, 1.82) is 0 Å². The van der Waals surface area contributed by atoms with Crippen LogP contribution >= 0.6 is 0 Å². The fourth-order valence-corrected chi connectivity index (χ4v) is 2.81. The van der Waals surface area contributed by atoms with E-state index in [1.54, 1.807) is 4.90 Å². The third-order valence-electron chi connectivity index (χ3n) is 3.85. The molecule has 4 nitrogen and oxygen atoms in total. The molecule has 7 heteroatoms. The van der Waals surface area contributed by atoms with Gasteiger partial charge >= 0.3 is 6.18 Å². The maximum Gasteiger partial charge on any atom is 0.411 e. The zero-order valence-electron chi connectivity index (χ0n) is 11.6.